The van der Waals surface area contributed by atoms with Gasteiger partial charge in [-0.25, -0.2) is 4.79 Å². The summed E-state index contributed by atoms with van der Waals surface area (Å²) >= 11 is 12.1. The Morgan fingerprint density at radius 2 is 1.68 bits per heavy atom. The van der Waals surface area contributed by atoms with Gasteiger partial charge in [-0.15, -0.1) is 0 Å². The summed E-state index contributed by atoms with van der Waals surface area (Å²) in [6.45, 7) is 0. The van der Waals surface area contributed by atoms with Gasteiger partial charge in [-0.05, 0) is 42.5 Å². The van der Waals surface area contributed by atoms with Crippen LogP contribution < -0.4 is 5.69 Å². The molecule has 3 rings (SSSR count). The zero-order chi connectivity index (χ0) is 15.7. The largest absolute Gasteiger partial charge is 0.323 e. The minimum absolute atomic E-state index is 0.208. The molecule has 0 fully saturated rings. The van der Waals surface area contributed by atoms with Crippen LogP contribution >= 0.6 is 23.2 Å². The quantitative estimate of drug-likeness (QED) is 0.561. The Balaban J connectivity index is 1.92. The summed E-state index contributed by atoms with van der Waals surface area (Å²) in [6, 6.07) is 10.1. The molecule has 3 aromatic rings. The van der Waals surface area contributed by atoms with E-state index in [1.165, 1.54) is 6.08 Å². The van der Waals surface area contributed by atoms with Gasteiger partial charge in [0.2, 0.25) is 0 Å². The maximum absolute atomic E-state index is 12.2. The summed E-state index contributed by atoms with van der Waals surface area (Å²) in [4.78, 5) is 28.7. The molecule has 0 radical (unpaired) electrons. The highest BCUT2D eigenvalue weighted by atomic mass is 35.5. The van der Waals surface area contributed by atoms with Gasteiger partial charge in [-0.3, -0.25) is 4.79 Å². The number of rotatable bonds is 3. The lowest BCUT2D eigenvalue weighted by molar-refractivity contribution is 0.104. The van der Waals surface area contributed by atoms with Gasteiger partial charge in [0, 0.05) is 21.2 Å². The van der Waals surface area contributed by atoms with E-state index in [2.05, 4.69) is 9.97 Å². The molecule has 4 nitrogen and oxygen atoms in total. The van der Waals surface area contributed by atoms with Crippen molar-refractivity contribution in [2.24, 2.45) is 0 Å². The number of carbonyl (C=O) groups is 1. The van der Waals surface area contributed by atoms with E-state index in [0.717, 1.165) is 0 Å². The summed E-state index contributed by atoms with van der Waals surface area (Å²) in [5.74, 6) is -0.208. The zero-order valence-electron chi connectivity index (χ0n) is 11.2. The van der Waals surface area contributed by atoms with Crippen molar-refractivity contribution < 1.29 is 4.79 Å². The van der Waals surface area contributed by atoms with Crippen molar-refractivity contribution >= 4 is 46.1 Å². The van der Waals surface area contributed by atoms with Crippen LogP contribution in [0.2, 0.25) is 10.0 Å². The van der Waals surface area contributed by atoms with Crippen molar-refractivity contribution in [2.75, 3.05) is 0 Å². The standard InChI is InChI=1S/C16H10Cl2N2O2/c17-11-2-1-3-12(18)10(11)5-7-15(21)9-4-6-13-14(8-9)20-16(22)19-13/h1-8H,(H2,19,20,22)/b7-5+. The number of halogens is 2. The molecule has 0 saturated carbocycles. The molecule has 0 aliphatic carbocycles. The van der Waals surface area contributed by atoms with Crippen LogP contribution in [0, 0.1) is 0 Å². The van der Waals surface area contributed by atoms with Gasteiger partial charge < -0.3 is 9.97 Å². The lowest BCUT2D eigenvalue weighted by atomic mass is 10.1. The van der Waals surface area contributed by atoms with Gasteiger partial charge in [0.15, 0.2) is 5.78 Å². The first kappa shape index (κ1) is 14.6. The number of aromatic nitrogens is 2. The van der Waals surface area contributed by atoms with E-state index in [-0.39, 0.29) is 11.5 Å². The number of benzene rings is 2. The van der Waals surface area contributed by atoms with Crippen LogP contribution in [0.5, 0.6) is 0 Å². The number of imidazole rings is 1. The molecule has 0 aliphatic heterocycles. The molecule has 110 valence electrons. The number of carbonyl (C=O) groups excluding carboxylic acids is 1. The van der Waals surface area contributed by atoms with E-state index in [1.54, 1.807) is 42.5 Å². The number of H-pyrrole nitrogens is 2. The van der Waals surface area contributed by atoms with E-state index in [9.17, 15) is 9.59 Å². The summed E-state index contributed by atoms with van der Waals surface area (Å²) in [6.07, 6.45) is 2.98. The molecule has 1 heterocycles. The fourth-order valence-corrected chi connectivity index (χ4v) is 2.63. The Bertz CT molecular complexity index is 934. The molecule has 2 aromatic carbocycles. The van der Waals surface area contributed by atoms with Crippen LogP contribution in [0.4, 0.5) is 0 Å². The molecule has 1 aromatic heterocycles. The van der Waals surface area contributed by atoms with E-state index in [1.807, 2.05) is 0 Å². The normalized spacial score (nSPS) is 11.4. The molecule has 0 saturated heterocycles. The van der Waals surface area contributed by atoms with Gasteiger partial charge in [0.1, 0.15) is 0 Å². The fraction of sp³-hybridized carbons (Fsp3) is 0. The average Bonchev–Trinajstić information content (AvgIpc) is 2.85. The Hall–Kier alpha value is -2.30. The first-order chi connectivity index (χ1) is 10.5. The molecule has 0 atom stereocenters. The third-order valence-electron chi connectivity index (χ3n) is 3.20. The molecule has 22 heavy (non-hydrogen) atoms. The van der Waals surface area contributed by atoms with Crippen molar-refractivity contribution in [2.45, 2.75) is 0 Å². The van der Waals surface area contributed by atoms with Crippen LogP contribution in [-0.4, -0.2) is 15.8 Å². The minimum Gasteiger partial charge on any atom is -0.306 e. The lowest BCUT2D eigenvalue weighted by Gasteiger charge is -2.01. The van der Waals surface area contributed by atoms with Crippen molar-refractivity contribution in [3.8, 4) is 0 Å². The minimum atomic E-state index is -0.307. The Morgan fingerprint density at radius 3 is 2.41 bits per heavy atom. The molecule has 2 N–H and O–H groups in total. The Labute approximate surface area is 135 Å². The van der Waals surface area contributed by atoms with E-state index < -0.39 is 0 Å². The predicted octanol–water partition coefficient (Wildman–Crippen LogP) is 4.06. The monoisotopic (exact) mass is 332 g/mol. The second kappa shape index (κ2) is 5.83. The van der Waals surface area contributed by atoms with Crippen LogP contribution in [0.1, 0.15) is 15.9 Å². The van der Waals surface area contributed by atoms with E-state index in [4.69, 9.17) is 23.2 Å². The zero-order valence-corrected chi connectivity index (χ0v) is 12.7. The van der Waals surface area contributed by atoms with Crippen LogP contribution in [0.15, 0.2) is 47.3 Å². The fourth-order valence-electron chi connectivity index (χ4n) is 2.11. The van der Waals surface area contributed by atoms with E-state index in [0.29, 0.717) is 32.2 Å². The Morgan fingerprint density at radius 1 is 1.00 bits per heavy atom. The van der Waals surface area contributed by atoms with E-state index >= 15 is 0 Å². The number of aromatic amines is 2. The molecular weight excluding hydrogens is 323 g/mol. The highest BCUT2D eigenvalue weighted by Crippen LogP contribution is 2.25. The molecule has 0 aliphatic rings. The number of hydrogen-bond acceptors (Lipinski definition) is 2. The first-order valence-corrected chi connectivity index (χ1v) is 7.18. The molecular formula is C16H10Cl2N2O2. The number of nitrogens with one attached hydrogen (secondary N) is 2. The molecule has 0 amide bonds. The highest BCUT2D eigenvalue weighted by molar-refractivity contribution is 6.37. The van der Waals surface area contributed by atoms with Crippen molar-refractivity contribution in [1.82, 2.24) is 9.97 Å². The van der Waals surface area contributed by atoms with Gasteiger partial charge in [0.05, 0.1) is 11.0 Å². The van der Waals surface area contributed by atoms with Crippen LogP contribution in [0.25, 0.3) is 17.1 Å². The Kier molecular flexibility index (Phi) is 3.88. The third kappa shape index (κ3) is 2.84. The van der Waals surface area contributed by atoms with Crippen LogP contribution in [-0.2, 0) is 0 Å². The summed E-state index contributed by atoms with van der Waals surface area (Å²) < 4.78 is 0. The smallest absolute Gasteiger partial charge is 0.306 e. The molecule has 6 heteroatoms. The maximum atomic E-state index is 12.2. The van der Waals surface area contributed by atoms with Gasteiger partial charge in [-0.2, -0.15) is 0 Å². The average molecular weight is 333 g/mol. The number of ketones is 1. The second-order valence-corrected chi connectivity index (χ2v) is 5.49. The van der Waals surface area contributed by atoms with Crippen molar-refractivity contribution in [1.29, 1.82) is 0 Å². The predicted molar refractivity (Wildman–Crippen MR) is 88.7 cm³/mol. The van der Waals surface area contributed by atoms with Crippen molar-refractivity contribution in [3.63, 3.8) is 0 Å². The maximum Gasteiger partial charge on any atom is 0.323 e. The van der Waals surface area contributed by atoms with Crippen molar-refractivity contribution in [3.05, 3.63) is 74.1 Å². The molecule has 0 spiro atoms. The third-order valence-corrected chi connectivity index (χ3v) is 3.86. The summed E-state index contributed by atoms with van der Waals surface area (Å²) in [7, 11) is 0. The SMILES string of the molecule is O=C(/C=C/c1c(Cl)cccc1Cl)c1ccc2[nH]c(=O)[nH]c2c1. The van der Waals surface area contributed by atoms with Gasteiger partial charge in [-0.1, -0.05) is 29.3 Å². The summed E-state index contributed by atoms with van der Waals surface area (Å²) in [5.41, 5.74) is 1.98. The summed E-state index contributed by atoms with van der Waals surface area (Å²) in [5, 5.41) is 0.948. The lowest BCUT2D eigenvalue weighted by Crippen LogP contribution is -1.99. The second-order valence-electron chi connectivity index (χ2n) is 4.67. The van der Waals surface area contributed by atoms with Gasteiger partial charge in [0.25, 0.3) is 0 Å². The first-order valence-electron chi connectivity index (χ1n) is 6.43. The number of hydrogen-bond donors (Lipinski definition) is 2. The van der Waals surface area contributed by atoms with Gasteiger partial charge >= 0.3 is 5.69 Å². The molecule has 0 unspecified atom stereocenters. The number of allylic oxidation sites excluding steroid dienone is 1. The van der Waals surface area contributed by atoms with Crippen LogP contribution in [0.3, 0.4) is 0 Å². The number of fused-ring (bicyclic) bond motifs is 1. The topological polar surface area (TPSA) is 65.7 Å². The molecule has 0 bridgehead atoms. The highest BCUT2D eigenvalue weighted by Gasteiger charge is 2.07.